The van der Waals surface area contributed by atoms with Gasteiger partial charge in [-0.25, -0.2) is 0 Å². The number of carbonyl (C=O) groups is 4. The van der Waals surface area contributed by atoms with Crippen molar-refractivity contribution in [3.63, 3.8) is 0 Å². The fraction of sp³-hybridized carbons (Fsp3) is 0.886. The summed E-state index contributed by atoms with van der Waals surface area (Å²) in [6.45, 7) is 12.8. The second kappa shape index (κ2) is 12.4. The molecule has 10 heteroatoms. The van der Waals surface area contributed by atoms with E-state index in [9.17, 15) is 24.3 Å². The zero-order valence-corrected chi connectivity index (χ0v) is 28.5. The Hall–Kier alpha value is -2.20. The maximum absolute atomic E-state index is 14.6. The van der Waals surface area contributed by atoms with E-state index in [1.807, 2.05) is 27.7 Å². The Kier molecular flexibility index (Phi) is 9.44. The summed E-state index contributed by atoms with van der Waals surface area (Å²) in [6, 6.07) is -2.95. The smallest absolute Gasteiger partial charge is 0.251 e. The molecule has 254 valence electrons. The third-order valence-corrected chi connectivity index (χ3v) is 12.8. The number of carbonyl (C=O) groups excluding carboxylic acids is 4. The number of amides is 4. The third-order valence-electron chi connectivity index (χ3n) is 12.8. The molecule has 10 nitrogen and oxygen atoms in total. The van der Waals surface area contributed by atoms with Crippen LogP contribution in [0.4, 0.5) is 0 Å². The lowest BCUT2D eigenvalue weighted by molar-refractivity contribution is -0.145. The highest BCUT2D eigenvalue weighted by Gasteiger charge is 2.85. The molecule has 0 aromatic rings. The van der Waals surface area contributed by atoms with Crippen LogP contribution < -0.4 is 21.7 Å². The number of aliphatic hydroxyl groups excluding tert-OH is 1. The SMILES string of the molecule is CCC[C@H](NC(=O)[C@@H]1C[C@@]2(CN1C(=O)[C@@H](NC(=O)[C@@H](N)C1CCCCC1)C(C)(C)C)C(C)(C)C21CCC1)C(O)C(=O)NC1CC1. The van der Waals surface area contributed by atoms with Gasteiger partial charge in [-0.3, -0.25) is 19.2 Å². The number of nitrogens with two attached hydrogens (primary N) is 1. The van der Waals surface area contributed by atoms with E-state index in [2.05, 4.69) is 29.8 Å². The van der Waals surface area contributed by atoms with E-state index >= 15 is 0 Å². The van der Waals surface area contributed by atoms with Crippen molar-refractivity contribution in [3.05, 3.63) is 0 Å². The minimum atomic E-state index is -1.37. The number of rotatable bonds is 11. The molecule has 4 saturated carbocycles. The molecule has 1 unspecified atom stereocenters. The molecule has 5 fully saturated rings. The summed E-state index contributed by atoms with van der Waals surface area (Å²) in [5, 5.41) is 19.9. The van der Waals surface area contributed by atoms with Gasteiger partial charge < -0.3 is 31.7 Å². The minimum Gasteiger partial charge on any atom is -0.381 e. The van der Waals surface area contributed by atoms with Crippen molar-refractivity contribution in [2.24, 2.45) is 33.3 Å². The van der Waals surface area contributed by atoms with Crippen LogP contribution in [0.25, 0.3) is 0 Å². The molecule has 1 heterocycles. The van der Waals surface area contributed by atoms with Gasteiger partial charge in [0.2, 0.25) is 17.7 Å². The van der Waals surface area contributed by atoms with E-state index in [4.69, 9.17) is 5.73 Å². The second-order valence-electron chi connectivity index (χ2n) is 16.7. The molecule has 4 aliphatic carbocycles. The van der Waals surface area contributed by atoms with E-state index < -0.39 is 41.6 Å². The first-order valence-corrected chi connectivity index (χ1v) is 17.8. The van der Waals surface area contributed by atoms with Crippen LogP contribution in [-0.2, 0) is 19.2 Å². The monoisotopic (exact) mass is 629 g/mol. The van der Waals surface area contributed by atoms with Crippen LogP contribution in [-0.4, -0.2) is 76.5 Å². The number of hydrogen-bond acceptors (Lipinski definition) is 6. The van der Waals surface area contributed by atoms with Crippen molar-refractivity contribution in [2.75, 3.05) is 6.54 Å². The van der Waals surface area contributed by atoms with Gasteiger partial charge in [0.15, 0.2) is 6.10 Å². The van der Waals surface area contributed by atoms with E-state index in [-0.39, 0.29) is 45.9 Å². The molecule has 2 spiro atoms. The first-order valence-electron chi connectivity index (χ1n) is 17.8. The van der Waals surface area contributed by atoms with Crippen LogP contribution in [0.2, 0.25) is 0 Å². The molecule has 0 aromatic carbocycles. The molecule has 0 radical (unpaired) electrons. The third kappa shape index (κ3) is 6.03. The van der Waals surface area contributed by atoms with Crippen LogP contribution in [0, 0.1) is 27.6 Å². The second-order valence-corrected chi connectivity index (χ2v) is 16.7. The number of hydrogen-bond donors (Lipinski definition) is 5. The average molecular weight is 630 g/mol. The predicted molar refractivity (Wildman–Crippen MR) is 173 cm³/mol. The molecule has 5 rings (SSSR count). The summed E-state index contributed by atoms with van der Waals surface area (Å²) >= 11 is 0. The van der Waals surface area contributed by atoms with Gasteiger partial charge in [-0.1, -0.05) is 73.6 Å². The summed E-state index contributed by atoms with van der Waals surface area (Å²) in [5.74, 6) is -1.27. The zero-order chi connectivity index (χ0) is 32.9. The number of likely N-dealkylation sites (tertiary alicyclic amines) is 1. The average Bonchev–Trinajstić information content (AvgIpc) is 3.79. The maximum atomic E-state index is 14.6. The van der Waals surface area contributed by atoms with Crippen molar-refractivity contribution in [2.45, 2.75) is 161 Å². The van der Waals surface area contributed by atoms with Crippen molar-refractivity contribution in [1.29, 1.82) is 0 Å². The van der Waals surface area contributed by atoms with E-state index in [1.165, 1.54) is 0 Å². The minimum absolute atomic E-state index is 0.0257. The molecule has 4 amide bonds. The zero-order valence-electron chi connectivity index (χ0n) is 28.5. The summed E-state index contributed by atoms with van der Waals surface area (Å²) in [5.41, 5.74) is 5.74. The normalized spacial score (nSPS) is 29.8. The molecular formula is C35H59N5O5. The highest BCUT2D eigenvalue weighted by atomic mass is 16.3. The van der Waals surface area contributed by atoms with E-state index in [0.29, 0.717) is 25.8 Å². The molecule has 6 atom stereocenters. The van der Waals surface area contributed by atoms with Crippen molar-refractivity contribution < 1.29 is 24.3 Å². The lowest BCUT2D eigenvalue weighted by Gasteiger charge is -2.37. The Bertz CT molecular complexity index is 1150. The predicted octanol–water partition coefficient (Wildman–Crippen LogP) is 3.15. The molecule has 45 heavy (non-hydrogen) atoms. The lowest BCUT2D eigenvalue weighted by Crippen LogP contribution is -2.61. The molecule has 1 aliphatic heterocycles. The topological polar surface area (TPSA) is 154 Å². The van der Waals surface area contributed by atoms with Gasteiger partial charge in [0.05, 0.1) is 12.1 Å². The number of nitrogens with zero attached hydrogens (tertiary/aromatic N) is 1. The molecular weight excluding hydrogens is 570 g/mol. The van der Waals surface area contributed by atoms with Crippen LogP contribution >= 0.6 is 0 Å². The van der Waals surface area contributed by atoms with E-state index in [1.54, 1.807) is 4.90 Å². The van der Waals surface area contributed by atoms with Crippen LogP contribution in [0.15, 0.2) is 0 Å². The van der Waals surface area contributed by atoms with Gasteiger partial charge in [0, 0.05) is 18.0 Å². The largest absolute Gasteiger partial charge is 0.381 e. The quantitative estimate of drug-likeness (QED) is 0.237. The summed E-state index contributed by atoms with van der Waals surface area (Å²) in [4.78, 5) is 56.8. The number of fused-ring (bicyclic) bond motifs is 1. The van der Waals surface area contributed by atoms with Crippen molar-refractivity contribution in [3.8, 4) is 0 Å². The molecule has 6 N–H and O–H groups in total. The Morgan fingerprint density at radius 3 is 2.09 bits per heavy atom. The van der Waals surface area contributed by atoms with Gasteiger partial charge in [0.1, 0.15) is 12.1 Å². The van der Waals surface area contributed by atoms with Gasteiger partial charge in [-0.2, -0.15) is 0 Å². The van der Waals surface area contributed by atoms with E-state index in [0.717, 1.165) is 64.2 Å². The van der Waals surface area contributed by atoms with Crippen LogP contribution in [0.5, 0.6) is 0 Å². The fourth-order valence-electron chi connectivity index (χ4n) is 9.42. The Labute approximate surface area is 269 Å². The van der Waals surface area contributed by atoms with Gasteiger partial charge >= 0.3 is 0 Å². The Balaban J connectivity index is 1.38. The summed E-state index contributed by atoms with van der Waals surface area (Å²) in [6.07, 6.45) is 10.5. The lowest BCUT2D eigenvalue weighted by atomic mass is 9.73. The van der Waals surface area contributed by atoms with Crippen molar-refractivity contribution in [1.82, 2.24) is 20.9 Å². The first-order chi connectivity index (χ1) is 21.1. The molecule has 5 aliphatic rings. The Morgan fingerprint density at radius 1 is 0.933 bits per heavy atom. The number of nitrogens with one attached hydrogen (secondary N) is 3. The molecule has 0 bridgehead atoms. The van der Waals surface area contributed by atoms with Crippen LogP contribution in [0.1, 0.15) is 125 Å². The highest BCUT2D eigenvalue weighted by Crippen LogP contribution is 2.88. The highest BCUT2D eigenvalue weighted by molar-refractivity contribution is 5.95. The molecule has 1 saturated heterocycles. The van der Waals surface area contributed by atoms with Crippen molar-refractivity contribution >= 4 is 23.6 Å². The summed E-state index contributed by atoms with van der Waals surface area (Å²) in [7, 11) is 0. The standard InChI is InChI=1S/C35H59N5O5/c1-7-12-23(26(41)30(44)37-22-15-16-22)38-28(42)24-19-35(33(5,6)34(35)17-11-18-34)20-40(24)31(45)27(32(2,3)4)39-29(43)25(36)21-13-9-8-10-14-21/h21-27,41H,7-20,36H2,1-6H3,(H,37,44)(H,38,42)(H,39,43)/t23-,24-,25-,26?,27+,35+/m0/s1. The van der Waals surface area contributed by atoms with Gasteiger partial charge in [-0.05, 0) is 73.5 Å². The fourth-order valence-corrected chi connectivity index (χ4v) is 9.42. The van der Waals surface area contributed by atoms with Crippen LogP contribution in [0.3, 0.4) is 0 Å². The van der Waals surface area contributed by atoms with Gasteiger partial charge in [-0.15, -0.1) is 0 Å². The Morgan fingerprint density at radius 2 is 1.58 bits per heavy atom. The first kappa shape index (κ1) is 34.1. The summed E-state index contributed by atoms with van der Waals surface area (Å²) < 4.78 is 0. The number of aliphatic hydroxyl groups is 1. The van der Waals surface area contributed by atoms with Gasteiger partial charge in [0.25, 0.3) is 5.91 Å². The molecule has 0 aromatic heterocycles. The maximum Gasteiger partial charge on any atom is 0.251 e.